The Kier molecular flexibility index (Phi) is 7.68. The van der Waals surface area contributed by atoms with E-state index in [-0.39, 0.29) is 11.4 Å². The molecule has 0 radical (unpaired) electrons. The molecule has 0 aliphatic heterocycles. The molecular weight excluding hydrogens is 495 g/mol. The molecular formula is C25H19BrClFN2O2. The number of halogens is 3. The molecule has 0 saturated heterocycles. The average Bonchev–Trinajstić information content (AvgIpc) is 2.77. The van der Waals surface area contributed by atoms with Crippen LogP contribution in [0.5, 0.6) is 5.75 Å². The molecule has 0 aliphatic rings. The zero-order chi connectivity index (χ0) is 23.3. The van der Waals surface area contributed by atoms with Crippen LogP contribution in [-0.4, -0.2) is 13.0 Å². The van der Waals surface area contributed by atoms with Gasteiger partial charge in [0.1, 0.15) is 23.2 Å². The van der Waals surface area contributed by atoms with E-state index in [1.54, 1.807) is 48.5 Å². The van der Waals surface area contributed by atoms with Gasteiger partial charge in [0.05, 0.1) is 7.11 Å². The van der Waals surface area contributed by atoms with E-state index in [1.165, 1.54) is 19.3 Å². The maximum atomic E-state index is 14.1. The number of nitrogens with zero attached hydrogens (tertiary/aromatic N) is 1. The third-order valence-corrected chi connectivity index (χ3v) is 5.79. The highest BCUT2D eigenvalue weighted by atomic mass is 79.9. The van der Waals surface area contributed by atoms with E-state index in [4.69, 9.17) is 16.3 Å². The van der Waals surface area contributed by atoms with Crippen molar-refractivity contribution < 1.29 is 13.9 Å². The van der Waals surface area contributed by atoms with Crippen molar-refractivity contribution in [3.63, 3.8) is 0 Å². The zero-order valence-electron chi connectivity index (χ0n) is 17.4. The number of carbonyl (C=O) groups excluding carboxylic acids is 1. The molecule has 0 unspecified atom stereocenters. The van der Waals surface area contributed by atoms with Gasteiger partial charge in [-0.15, -0.1) is 0 Å². The minimum atomic E-state index is -0.552. The monoisotopic (exact) mass is 512 g/mol. The molecule has 0 heterocycles. The summed E-state index contributed by atoms with van der Waals surface area (Å²) in [5, 5.41) is 12.7. The van der Waals surface area contributed by atoms with Crippen molar-refractivity contribution in [1.29, 1.82) is 5.26 Å². The van der Waals surface area contributed by atoms with Crippen LogP contribution in [0.3, 0.4) is 0 Å². The summed E-state index contributed by atoms with van der Waals surface area (Å²) in [6.45, 7) is 1.83. The van der Waals surface area contributed by atoms with E-state index in [0.29, 0.717) is 38.5 Å². The molecule has 1 amide bonds. The molecule has 0 spiro atoms. The van der Waals surface area contributed by atoms with E-state index in [2.05, 4.69) is 21.2 Å². The lowest BCUT2D eigenvalue weighted by atomic mass is 10.0. The van der Waals surface area contributed by atoms with Crippen LogP contribution in [0.1, 0.15) is 22.3 Å². The first-order valence-corrected chi connectivity index (χ1v) is 10.8. The summed E-state index contributed by atoms with van der Waals surface area (Å²) in [7, 11) is 1.51. The van der Waals surface area contributed by atoms with Gasteiger partial charge in [-0.3, -0.25) is 4.79 Å². The highest BCUT2D eigenvalue weighted by Gasteiger charge is 2.15. The number of carbonyl (C=O) groups is 1. The molecule has 0 bridgehead atoms. The first-order chi connectivity index (χ1) is 15.3. The number of nitrogens with one attached hydrogen (secondary N) is 1. The van der Waals surface area contributed by atoms with Gasteiger partial charge in [-0.05, 0) is 60.0 Å². The van der Waals surface area contributed by atoms with Crippen molar-refractivity contribution in [3.8, 4) is 11.8 Å². The molecule has 1 N–H and O–H groups in total. The van der Waals surface area contributed by atoms with E-state index in [0.717, 1.165) is 11.1 Å². The Morgan fingerprint density at radius 1 is 1.25 bits per heavy atom. The van der Waals surface area contributed by atoms with Gasteiger partial charge in [0.15, 0.2) is 0 Å². The molecule has 0 aromatic heterocycles. The number of hydrogen-bond acceptors (Lipinski definition) is 3. The topological polar surface area (TPSA) is 62.1 Å². The molecule has 4 nitrogen and oxygen atoms in total. The number of ether oxygens (including phenoxy) is 1. The fourth-order valence-electron chi connectivity index (χ4n) is 3.13. The lowest BCUT2D eigenvalue weighted by Crippen LogP contribution is -2.14. The van der Waals surface area contributed by atoms with E-state index in [9.17, 15) is 14.4 Å². The molecule has 3 aromatic carbocycles. The summed E-state index contributed by atoms with van der Waals surface area (Å²) < 4.78 is 20.3. The van der Waals surface area contributed by atoms with E-state index in [1.807, 2.05) is 13.0 Å². The molecule has 0 aliphatic carbocycles. The molecule has 32 heavy (non-hydrogen) atoms. The van der Waals surface area contributed by atoms with Crippen molar-refractivity contribution >= 4 is 45.2 Å². The van der Waals surface area contributed by atoms with Crippen molar-refractivity contribution in [2.24, 2.45) is 0 Å². The minimum Gasteiger partial charge on any atom is -0.496 e. The van der Waals surface area contributed by atoms with Crippen LogP contribution in [0.2, 0.25) is 5.02 Å². The third-order valence-electron chi connectivity index (χ3n) is 4.85. The van der Waals surface area contributed by atoms with Crippen LogP contribution in [-0.2, 0) is 11.2 Å². The SMILES string of the molecule is COc1cc(/C=C(\C#N)C(=O)Nc2cc(Cl)ccc2C)cc(Br)c1Cc1ccccc1F. The van der Waals surface area contributed by atoms with E-state index >= 15 is 0 Å². The Labute approximate surface area is 199 Å². The van der Waals surface area contributed by atoms with Crippen LogP contribution in [0, 0.1) is 24.1 Å². The summed E-state index contributed by atoms with van der Waals surface area (Å²) in [4.78, 5) is 12.7. The van der Waals surface area contributed by atoms with Crippen LogP contribution in [0.25, 0.3) is 6.08 Å². The Bertz CT molecular complexity index is 1250. The van der Waals surface area contributed by atoms with Crippen molar-refractivity contribution in [1.82, 2.24) is 0 Å². The second-order valence-corrected chi connectivity index (χ2v) is 8.33. The summed E-state index contributed by atoms with van der Waals surface area (Å²) >= 11 is 9.51. The third kappa shape index (κ3) is 5.56. The average molecular weight is 514 g/mol. The van der Waals surface area contributed by atoms with Gasteiger partial charge in [-0.25, -0.2) is 4.39 Å². The second kappa shape index (κ2) is 10.4. The first-order valence-electron chi connectivity index (χ1n) is 9.61. The van der Waals surface area contributed by atoms with Gasteiger partial charge in [-0.2, -0.15) is 5.26 Å². The number of aryl methyl sites for hydroxylation is 1. The number of amides is 1. The maximum Gasteiger partial charge on any atom is 0.266 e. The molecule has 0 atom stereocenters. The standard InChI is InChI=1S/C25H19BrClFN2O2/c1-15-7-8-19(27)13-23(15)30-25(31)18(14-29)9-16-10-21(26)20(24(11-16)32-2)12-17-5-3-4-6-22(17)28/h3-11,13H,12H2,1-2H3,(H,30,31)/b18-9+. The number of hydrogen-bond donors (Lipinski definition) is 1. The maximum absolute atomic E-state index is 14.1. The highest BCUT2D eigenvalue weighted by Crippen LogP contribution is 2.32. The molecule has 3 rings (SSSR count). The fourth-order valence-corrected chi connectivity index (χ4v) is 3.91. The minimum absolute atomic E-state index is 0.0832. The van der Waals surface area contributed by atoms with E-state index < -0.39 is 5.91 Å². The van der Waals surface area contributed by atoms with Crippen molar-refractivity contribution in [2.45, 2.75) is 13.3 Å². The van der Waals surface area contributed by atoms with Crippen molar-refractivity contribution in [2.75, 3.05) is 12.4 Å². The Balaban J connectivity index is 1.91. The molecule has 7 heteroatoms. The lowest BCUT2D eigenvalue weighted by Gasteiger charge is -2.13. The number of anilines is 1. The van der Waals surface area contributed by atoms with Gasteiger partial charge in [0.2, 0.25) is 0 Å². The number of benzene rings is 3. The summed E-state index contributed by atoms with van der Waals surface area (Å²) in [6.07, 6.45) is 1.79. The number of nitriles is 1. The normalized spacial score (nSPS) is 11.1. The van der Waals surface area contributed by atoms with Crippen LogP contribution >= 0.6 is 27.5 Å². The number of rotatable bonds is 6. The predicted molar refractivity (Wildman–Crippen MR) is 128 cm³/mol. The number of methoxy groups -OCH3 is 1. The largest absolute Gasteiger partial charge is 0.496 e. The molecule has 0 fully saturated rings. The quantitative estimate of drug-likeness (QED) is 0.295. The smallest absolute Gasteiger partial charge is 0.266 e. The lowest BCUT2D eigenvalue weighted by molar-refractivity contribution is -0.112. The van der Waals surface area contributed by atoms with Crippen molar-refractivity contribution in [3.05, 3.63) is 97.7 Å². The van der Waals surface area contributed by atoms with Crippen LogP contribution < -0.4 is 10.1 Å². The predicted octanol–water partition coefficient (Wildman–Crippen LogP) is 6.70. The van der Waals surface area contributed by atoms with Crippen LogP contribution in [0.4, 0.5) is 10.1 Å². The highest BCUT2D eigenvalue weighted by molar-refractivity contribution is 9.10. The fraction of sp³-hybridized carbons (Fsp3) is 0.120. The molecule has 3 aromatic rings. The second-order valence-electron chi connectivity index (χ2n) is 7.03. The molecule has 0 saturated carbocycles. The summed E-state index contributed by atoms with van der Waals surface area (Å²) in [5.74, 6) is -0.342. The summed E-state index contributed by atoms with van der Waals surface area (Å²) in [6, 6.07) is 17.1. The Hall–Kier alpha value is -3.14. The van der Waals surface area contributed by atoms with Crippen LogP contribution in [0.15, 0.2) is 64.6 Å². The Morgan fingerprint density at radius 2 is 2.00 bits per heavy atom. The first kappa shape index (κ1) is 23.5. The Morgan fingerprint density at radius 3 is 2.69 bits per heavy atom. The van der Waals surface area contributed by atoms with Gasteiger partial charge < -0.3 is 10.1 Å². The molecule has 162 valence electrons. The van der Waals surface area contributed by atoms with Gasteiger partial charge >= 0.3 is 0 Å². The van der Waals surface area contributed by atoms with Gasteiger partial charge in [0.25, 0.3) is 5.91 Å². The summed E-state index contributed by atoms with van der Waals surface area (Å²) in [5.41, 5.74) is 3.14. The van der Waals surface area contributed by atoms with Gasteiger partial charge in [0, 0.05) is 27.2 Å². The zero-order valence-corrected chi connectivity index (χ0v) is 19.7. The van der Waals surface area contributed by atoms with Gasteiger partial charge in [-0.1, -0.05) is 51.8 Å².